The molecule has 1 saturated carbocycles. The number of benzene rings is 4. The summed E-state index contributed by atoms with van der Waals surface area (Å²) >= 11 is 0. The molecule has 188 valence electrons. The molecule has 7 heteroatoms. The summed E-state index contributed by atoms with van der Waals surface area (Å²) in [6.07, 6.45) is 0.878. The standard InChI is InChI=1S/C31H26N4O3/c1-38-24-14-9-21(10-15-24)30(36)32-22-11-7-20(8-12-22)29-34-27-16-13-23(17-28(27)35-29)33-31(37)26-18-25(26)19-5-3-2-4-6-19/h2-17,25-26H,18H2,1H3,(H,32,36)(H,33,37)(H,34,35). The zero-order chi connectivity index (χ0) is 26.1. The maximum Gasteiger partial charge on any atom is 0.255 e. The van der Waals surface area contributed by atoms with E-state index in [0.717, 1.165) is 28.7 Å². The van der Waals surface area contributed by atoms with Crippen molar-refractivity contribution < 1.29 is 14.3 Å². The van der Waals surface area contributed by atoms with Crippen LogP contribution in [0.1, 0.15) is 28.3 Å². The number of rotatable bonds is 7. The van der Waals surface area contributed by atoms with Crippen LogP contribution in [0.4, 0.5) is 11.4 Å². The Kier molecular flexibility index (Phi) is 6.09. The fourth-order valence-corrected chi connectivity index (χ4v) is 4.67. The van der Waals surface area contributed by atoms with E-state index in [0.29, 0.717) is 28.7 Å². The third-order valence-corrected chi connectivity index (χ3v) is 6.87. The Hall–Kier alpha value is -4.91. The number of hydrogen-bond donors (Lipinski definition) is 3. The van der Waals surface area contributed by atoms with Crippen molar-refractivity contribution in [1.82, 2.24) is 9.97 Å². The molecule has 0 spiro atoms. The van der Waals surface area contributed by atoms with Crippen LogP contribution < -0.4 is 15.4 Å². The van der Waals surface area contributed by atoms with Crippen molar-refractivity contribution in [1.29, 1.82) is 0 Å². The SMILES string of the molecule is COc1ccc(C(=O)Nc2ccc(-c3nc4ccc(NC(=O)C5CC5c5ccccc5)cc4[nH]3)cc2)cc1. The molecule has 1 aliphatic rings. The molecule has 2 atom stereocenters. The number of methoxy groups -OCH3 is 1. The molecular weight excluding hydrogens is 476 g/mol. The molecular formula is C31H26N4O3. The summed E-state index contributed by atoms with van der Waals surface area (Å²) in [7, 11) is 1.59. The van der Waals surface area contributed by atoms with Gasteiger partial charge in [0.2, 0.25) is 5.91 Å². The summed E-state index contributed by atoms with van der Waals surface area (Å²) in [6.45, 7) is 0. The number of H-pyrrole nitrogens is 1. The Labute approximate surface area is 219 Å². The van der Waals surface area contributed by atoms with Gasteiger partial charge in [0.15, 0.2) is 0 Å². The number of aromatic nitrogens is 2. The van der Waals surface area contributed by atoms with Gasteiger partial charge in [-0.05, 0) is 84.6 Å². The number of anilines is 2. The molecule has 1 aromatic heterocycles. The molecule has 0 bridgehead atoms. The monoisotopic (exact) mass is 502 g/mol. The molecule has 0 aliphatic heterocycles. The minimum atomic E-state index is -0.194. The van der Waals surface area contributed by atoms with Gasteiger partial charge in [-0.25, -0.2) is 4.98 Å². The van der Waals surface area contributed by atoms with E-state index in [1.165, 1.54) is 5.56 Å². The Morgan fingerprint density at radius 1 is 0.868 bits per heavy atom. The lowest BCUT2D eigenvalue weighted by molar-refractivity contribution is -0.117. The number of ether oxygens (including phenoxy) is 1. The largest absolute Gasteiger partial charge is 0.497 e. The van der Waals surface area contributed by atoms with E-state index in [4.69, 9.17) is 4.74 Å². The number of nitrogens with one attached hydrogen (secondary N) is 3. The van der Waals surface area contributed by atoms with Gasteiger partial charge in [0.25, 0.3) is 5.91 Å². The zero-order valence-corrected chi connectivity index (χ0v) is 20.8. The third-order valence-electron chi connectivity index (χ3n) is 6.87. The van der Waals surface area contributed by atoms with Crippen LogP contribution in [0.25, 0.3) is 22.4 Å². The van der Waals surface area contributed by atoms with Crippen LogP contribution in [-0.2, 0) is 4.79 Å². The van der Waals surface area contributed by atoms with Gasteiger partial charge in [0, 0.05) is 28.4 Å². The van der Waals surface area contributed by atoms with E-state index in [-0.39, 0.29) is 17.7 Å². The van der Waals surface area contributed by atoms with Crippen molar-refractivity contribution in [2.75, 3.05) is 17.7 Å². The molecule has 2 amide bonds. The minimum Gasteiger partial charge on any atom is -0.497 e. The normalized spacial score (nSPS) is 16.1. The number of aromatic amines is 1. The molecule has 1 aliphatic carbocycles. The van der Waals surface area contributed by atoms with Crippen LogP contribution in [0.3, 0.4) is 0 Å². The van der Waals surface area contributed by atoms with Gasteiger partial charge < -0.3 is 20.4 Å². The summed E-state index contributed by atoms with van der Waals surface area (Å²) < 4.78 is 5.14. The zero-order valence-electron chi connectivity index (χ0n) is 20.8. The van der Waals surface area contributed by atoms with Gasteiger partial charge in [-0.3, -0.25) is 9.59 Å². The second-order valence-electron chi connectivity index (χ2n) is 9.43. The van der Waals surface area contributed by atoms with Crippen molar-refractivity contribution in [3.05, 3.63) is 108 Å². The highest BCUT2D eigenvalue weighted by molar-refractivity contribution is 6.04. The average Bonchev–Trinajstić information content (AvgIpc) is 3.66. The van der Waals surface area contributed by atoms with Gasteiger partial charge in [0.1, 0.15) is 11.6 Å². The van der Waals surface area contributed by atoms with E-state index < -0.39 is 0 Å². The van der Waals surface area contributed by atoms with Gasteiger partial charge >= 0.3 is 0 Å². The predicted molar refractivity (Wildman–Crippen MR) is 148 cm³/mol. The quantitative estimate of drug-likeness (QED) is 0.246. The number of imidazole rings is 1. The smallest absolute Gasteiger partial charge is 0.255 e. The van der Waals surface area contributed by atoms with Crippen LogP contribution in [0.5, 0.6) is 5.75 Å². The second kappa shape index (κ2) is 9.86. The number of nitrogens with zero attached hydrogens (tertiary/aromatic N) is 1. The summed E-state index contributed by atoms with van der Waals surface area (Å²) in [4.78, 5) is 33.3. The Bertz CT molecular complexity index is 1610. The molecule has 0 radical (unpaired) electrons. The highest BCUT2D eigenvalue weighted by Gasteiger charge is 2.43. The van der Waals surface area contributed by atoms with Crippen LogP contribution in [0.15, 0.2) is 97.1 Å². The van der Waals surface area contributed by atoms with Gasteiger partial charge in [-0.15, -0.1) is 0 Å². The van der Waals surface area contributed by atoms with Crippen molar-refractivity contribution in [3.8, 4) is 17.1 Å². The first-order chi connectivity index (χ1) is 18.6. The lowest BCUT2D eigenvalue weighted by atomic mass is 10.1. The number of hydrogen-bond acceptors (Lipinski definition) is 4. The first-order valence-electron chi connectivity index (χ1n) is 12.5. The summed E-state index contributed by atoms with van der Waals surface area (Å²) in [6, 6.07) is 30.3. The van der Waals surface area contributed by atoms with Crippen LogP contribution >= 0.6 is 0 Å². The number of carbonyl (C=O) groups is 2. The van der Waals surface area contributed by atoms with E-state index in [2.05, 4.69) is 32.7 Å². The average molecular weight is 503 g/mol. The molecule has 7 nitrogen and oxygen atoms in total. The molecule has 5 aromatic rings. The van der Waals surface area contributed by atoms with Gasteiger partial charge in [-0.1, -0.05) is 30.3 Å². The highest BCUT2D eigenvalue weighted by Crippen LogP contribution is 2.47. The first-order valence-corrected chi connectivity index (χ1v) is 12.5. The predicted octanol–water partition coefficient (Wildman–Crippen LogP) is 6.23. The lowest BCUT2D eigenvalue weighted by Crippen LogP contribution is -2.14. The summed E-state index contributed by atoms with van der Waals surface area (Å²) in [5.41, 5.74) is 5.73. The van der Waals surface area contributed by atoms with E-state index >= 15 is 0 Å². The highest BCUT2D eigenvalue weighted by atomic mass is 16.5. The lowest BCUT2D eigenvalue weighted by Gasteiger charge is -2.07. The van der Waals surface area contributed by atoms with Crippen molar-refractivity contribution >= 4 is 34.2 Å². The van der Waals surface area contributed by atoms with Crippen molar-refractivity contribution in [2.24, 2.45) is 5.92 Å². The van der Waals surface area contributed by atoms with Crippen LogP contribution in [0, 0.1) is 5.92 Å². The summed E-state index contributed by atoms with van der Waals surface area (Å²) in [5, 5.41) is 5.96. The molecule has 3 N–H and O–H groups in total. The maximum absolute atomic E-state index is 12.8. The van der Waals surface area contributed by atoms with E-state index in [9.17, 15) is 9.59 Å². The molecule has 1 heterocycles. The Morgan fingerprint density at radius 2 is 1.61 bits per heavy atom. The number of carbonyl (C=O) groups excluding carboxylic acids is 2. The van der Waals surface area contributed by atoms with Crippen molar-refractivity contribution in [2.45, 2.75) is 12.3 Å². The minimum absolute atomic E-state index is 0.00847. The van der Waals surface area contributed by atoms with Gasteiger partial charge in [-0.2, -0.15) is 0 Å². The van der Waals surface area contributed by atoms with Crippen LogP contribution in [-0.4, -0.2) is 28.9 Å². The molecule has 6 rings (SSSR count). The van der Waals surface area contributed by atoms with Gasteiger partial charge in [0.05, 0.1) is 18.1 Å². The maximum atomic E-state index is 12.8. The number of amides is 2. The number of fused-ring (bicyclic) bond motifs is 1. The van der Waals surface area contributed by atoms with Crippen molar-refractivity contribution in [3.63, 3.8) is 0 Å². The van der Waals surface area contributed by atoms with Crippen LogP contribution in [0.2, 0.25) is 0 Å². The fraction of sp³-hybridized carbons (Fsp3) is 0.129. The molecule has 4 aromatic carbocycles. The molecule has 38 heavy (non-hydrogen) atoms. The molecule has 2 unspecified atom stereocenters. The first kappa shape index (κ1) is 23.5. The second-order valence-corrected chi connectivity index (χ2v) is 9.43. The molecule has 1 fully saturated rings. The van der Waals surface area contributed by atoms with E-state index in [1.807, 2.05) is 60.7 Å². The Morgan fingerprint density at radius 3 is 2.34 bits per heavy atom. The Balaban J connectivity index is 1.11. The fourth-order valence-electron chi connectivity index (χ4n) is 4.67. The van der Waals surface area contributed by atoms with E-state index in [1.54, 1.807) is 31.4 Å². The molecule has 0 saturated heterocycles. The summed E-state index contributed by atoms with van der Waals surface area (Å²) in [5.74, 6) is 1.57. The topological polar surface area (TPSA) is 96.1 Å². The third kappa shape index (κ3) is 4.86.